The molecule has 1 N–H and O–H groups in total. The van der Waals surface area contributed by atoms with Gasteiger partial charge in [-0.2, -0.15) is 5.21 Å². The first-order chi connectivity index (χ1) is 11.3. The highest BCUT2D eigenvalue weighted by molar-refractivity contribution is 5.91. The number of aromatic amines is 1. The Hall–Kier alpha value is -3.55. The Morgan fingerprint density at radius 1 is 1.09 bits per heavy atom. The van der Waals surface area contributed by atoms with Crippen LogP contribution in [0.3, 0.4) is 0 Å². The first-order valence-corrected chi connectivity index (χ1v) is 6.62. The van der Waals surface area contributed by atoms with E-state index in [4.69, 9.17) is 8.83 Å². The molecule has 0 fully saturated rings. The third kappa shape index (κ3) is 2.13. The molecule has 3 aromatic heterocycles. The highest BCUT2D eigenvalue weighted by Crippen LogP contribution is 2.30. The summed E-state index contributed by atoms with van der Waals surface area (Å²) in [6.07, 6.45) is 0.607. The Labute approximate surface area is 127 Å². The number of aldehydes is 1. The van der Waals surface area contributed by atoms with Gasteiger partial charge in [0, 0.05) is 6.07 Å². The molecule has 23 heavy (non-hydrogen) atoms. The Morgan fingerprint density at radius 2 is 2.00 bits per heavy atom. The van der Waals surface area contributed by atoms with Gasteiger partial charge in [-0.1, -0.05) is 6.07 Å². The minimum atomic E-state index is -0.241. The molecular formula is C15H8N4O4. The second-order valence-electron chi connectivity index (χ2n) is 4.71. The van der Waals surface area contributed by atoms with Crippen LogP contribution >= 0.6 is 0 Å². The predicted molar refractivity (Wildman–Crippen MR) is 78.7 cm³/mol. The molecule has 0 aliphatic carbocycles. The number of para-hydroxylation sites is 1. The summed E-state index contributed by atoms with van der Waals surface area (Å²) in [6, 6.07) is 9.58. The van der Waals surface area contributed by atoms with Gasteiger partial charge in [0.25, 0.3) is 0 Å². The number of carbonyl (C=O) groups excluding carboxylic acids is 1. The van der Waals surface area contributed by atoms with Crippen LogP contribution < -0.4 is 5.43 Å². The van der Waals surface area contributed by atoms with Crippen LogP contribution in [-0.4, -0.2) is 26.9 Å². The smallest absolute Gasteiger partial charge is 0.239 e. The zero-order chi connectivity index (χ0) is 15.8. The fraction of sp³-hybridized carbons (Fsp3) is 0. The van der Waals surface area contributed by atoms with Gasteiger partial charge in [-0.05, 0) is 29.5 Å². The minimum Gasteiger partial charge on any atom is -0.453 e. The van der Waals surface area contributed by atoms with Crippen molar-refractivity contribution in [1.29, 1.82) is 0 Å². The van der Waals surface area contributed by atoms with E-state index in [1.54, 1.807) is 30.3 Å². The van der Waals surface area contributed by atoms with Crippen molar-refractivity contribution in [3.05, 3.63) is 52.4 Å². The van der Waals surface area contributed by atoms with Gasteiger partial charge >= 0.3 is 0 Å². The van der Waals surface area contributed by atoms with Crippen LogP contribution in [0.4, 0.5) is 0 Å². The summed E-state index contributed by atoms with van der Waals surface area (Å²) in [4.78, 5) is 23.1. The van der Waals surface area contributed by atoms with Crippen LogP contribution in [0.5, 0.6) is 0 Å². The number of nitrogens with one attached hydrogen (secondary N) is 1. The number of carbonyl (C=O) groups is 1. The second-order valence-corrected chi connectivity index (χ2v) is 4.71. The summed E-state index contributed by atoms with van der Waals surface area (Å²) in [5.41, 5.74) is 0.639. The molecule has 8 nitrogen and oxygen atoms in total. The summed E-state index contributed by atoms with van der Waals surface area (Å²) in [5, 5.41) is 13.7. The minimum absolute atomic E-state index is 0.173. The number of fused-ring (bicyclic) bond motifs is 1. The van der Waals surface area contributed by atoms with Gasteiger partial charge in [-0.25, -0.2) is 0 Å². The van der Waals surface area contributed by atoms with Crippen molar-refractivity contribution < 1.29 is 13.6 Å². The maximum Gasteiger partial charge on any atom is 0.239 e. The summed E-state index contributed by atoms with van der Waals surface area (Å²) >= 11 is 0. The molecule has 0 radical (unpaired) electrons. The van der Waals surface area contributed by atoms with Gasteiger partial charge in [0.2, 0.25) is 5.82 Å². The zero-order valence-corrected chi connectivity index (χ0v) is 11.5. The van der Waals surface area contributed by atoms with E-state index in [-0.39, 0.29) is 22.8 Å². The van der Waals surface area contributed by atoms with Crippen molar-refractivity contribution in [1.82, 2.24) is 20.6 Å². The number of aromatic nitrogens is 4. The molecule has 0 spiro atoms. The van der Waals surface area contributed by atoms with E-state index in [1.807, 2.05) is 0 Å². The lowest BCUT2D eigenvalue weighted by Crippen LogP contribution is -2.01. The largest absolute Gasteiger partial charge is 0.453 e. The molecule has 0 bridgehead atoms. The average Bonchev–Trinajstić information content (AvgIpc) is 3.26. The number of rotatable bonds is 3. The van der Waals surface area contributed by atoms with Crippen LogP contribution in [0.2, 0.25) is 0 Å². The zero-order valence-electron chi connectivity index (χ0n) is 11.5. The summed E-state index contributed by atoms with van der Waals surface area (Å²) in [5.74, 6) is 0.970. The number of benzene rings is 1. The lowest BCUT2D eigenvalue weighted by atomic mass is 10.1. The van der Waals surface area contributed by atoms with Gasteiger partial charge in [-0.15, -0.1) is 10.2 Å². The van der Waals surface area contributed by atoms with Crippen molar-refractivity contribution >= 4 is 17.3 Å². The molecule has 0 aliphatic heterocycles. The Kier molecular flexibility index (Phi) is 2.87. The Balaban J connectivity index is 2.01. The maximum atomic E-state index is 12.3. The normalized spacial score (nSPS) is 11.0. The number of H-pyrrole nitrogens is 1. The van der Waals surface area contributed by atoms with Crippen molar-refractivity contribution in [2.24, 2.45) is 0 Å². The second kappa shape index (κ2) is 5.02. The van der Waals surface area contributed by atoms with Crippen LogP contribution in [-0.2, 0) is 0 Å². The number of nitrogens with zero attached hydrogens (tertiary/aromatic N) is 3. The van der Waals surface area contributed by atoms with Gasteiger partial charge in [0.15, 0.2) is 23.2 Å². The first-order valence-electron chi connectivity index (χ1n) is 6.62. The number of tetrazole rings is 1. The summed E-state index contributed by atoms with van der Waals surface area (Å²) in [6.45, 7) is 0. The monoisotopic (exact) mass is 308 g/mol. The molecule has 4 rings (SSSR count). The summed E-state index contributed by atoms with van der Waals surface area (Å²) < 4.78 is 11.2. The molecule has 0 saturated heterocycles. The Bertz CT molecular complexity index is 1060. The van der Waals surface area contributed by atoms with Crippen molar-refractivity contribution in [2.45, 2.75) is 0 Å². The third-order valence-electron chi connectivity index (χ3n) is 3.33. The van der Waals surface area contributed by atoms with Gasteiger partial charge in [-0.3, -0.25) is 9.59 Å². The van der Waals surface area contributed by atoms with E-state index < -0.39 is 0 Å². The molecule has 0 amide bonds. The highest BCUT2D eigenvalue weighted by atomic mass is 16.4. The number of hydrogen-bond acceptors (Lipinski definition) is 7. The van der Waals surface area contributed by atoms with E-state index >= 15 is 0 Å². The fourth-order valence-corrected chi connectivity index (χ4v) is 2.31. The van der Waals surface area contributed by atoms with Crippen LogP contribution in [0, 0.1) is 0 Å². The first kappa shape index (κ1) is 13.1. The fourth-order valence-electron chi connectivity index (χ4n) is 2.31. The molecule has 112 valence electrons. The average molecular weight is 308 g/mol. The summed E-state index contributed by atoms with van der Waals surface area (Å²) in [7, 11) is 0. The van der Waals surface area contributed by atoms with Gasteiger partial charge in [0.1, 0.15) is 11.3 Å². The van der Waals surface area contributed by atoms with E-state index in [9.17, 15) is 9.59 Å². The van der Waals surface area contributed by atoms with E-state index in [0.29, 0.717) is 28.6 Å². The molecule has 0 aliphatic rings. The Morgan fingerprint density at radius 3 is 2.74 bits per heavy atom. The molecule has 0 atom stereocenters. The quantitative estimate of drug-likeness (QED) is 0.576. The molecular weight excluding hydrogens is 300 g/mol. The highest BCUT2D eigenvalue weighted by Gasteiger charge is 2.15. The molecule has 8 heteroatoms. The molecule has 0 unspecified atom stereocenters. The topological polar surface area (TPSA) is 115 Å². The maximum absolute atomic E-state index is 12.3. The van der Waals surface area contributed by atoms with E-state index in [2.05, 4.69) is 20.6 Å². The lowest BCUT2D eigenvalue weighted by Gasteiger charge is -2.04. The van der Waals surface area contributed by atoms with Crippen LogP contribution in [0.1, 0.15) is 10.6 Å². The molecule has 3 heterocycles. The van der Waals surface area contributed by atoms with Crippen LogP contribution in [0.15, 0.2) is 50.0 Å². The van der Waals surface area contributed by atoms with Crippen molar-refractivity contribution in [3.63, 3.8) is 0 Å². The standard InChI is InChI=1S/C15H8N4O4/c20-7-8-4-5-12(22-8)10-3-1-2-9-11(21)6-13(23-14(9)10)15-16-18-19-17-15/h1-7H,(H,16,17,18,19). The molecule has 0 saturated carbocycles. The SMILES string of the molecule is O=Cc1ccc(-c2cccc3c(=O)cc(-c4nn[nH]n4)oc23)o1. The van der Waals surface area contributed by atoms with E-state index in [0.717, 1.165) is 0 Å². The van der Waals surface area contributed by atoms with Crippen molar-refractivity contribution in [2.75, 3.05) is 0 Å². The predicted octanol–water partition coefficient (Wildman–Crippen LogP) is 2.05. The van der Waals surface area contributed by atoms with Gasteiger partial charge < -0.3 is 8.83 Å². The van der Waals surface area contributed by atoms with E-state index in [1.165, 1.54) is 6.07 Å². The molecule has 4 aromatic rings. The number of furan rings is 1. The van der Waals surface area contributed by atoms with Gasteiger partial charge in [0.05, 0.1) is 10.9 Å². The number of hydrogen-bond donors (Lipinski definition) is 1. The van der Waals surface area contributed by atoms with Crippen LogP contribution in [0.25, 0.3) is 33.9 Å². The third-order valence-corrected chi connectivity index (χ3v) is 3.33. The lowest BCUT2D eigenvalue weighted by molar-refractivity contribution is 0.110. The van der Waals surface area contributed by atoms with Crippen molar-refractivity contribution in [3.8, 4) is 22.9 Å². The molecule has 1 aromatic carbocycles.